The third-order valence-electron chi connectivity index (χ3n) is 3.56. The van der Waals surface area contributed by atoms with Crippen LogP contribution in [0, 0.1) is 0 Å². The van der Waals surface area contributed by atoms with Gasteiger partial charge in [-0.3, -0.25) is 4.79 Å². The maximum atomic E-state index is 11.6. The van der Waals surface area contributed by atoms with Gasteiger partial charge in [0.05, 0.1) is 0 Å². The highest BCUT2D eigenvalue weighted by atomic mass is 16.1. The van der Waals surface area contributed by atoms with Crippen LogP contribution in [0.25, 0.3) is 0 Å². The van der Waals surface area contributed by atoms with Gasteiger partial charge < -0.3 is 16.0 Å². The topological polar surface area (TPSA) is 84.1 Å². The van der Waals surface area contributed by atoms with Crippen LogP contribution in [0.3, 0.4) is 0 Å². The molecule has 1 fully saturated rings. The number of carbonyl (C=O) groups is 1. The van der Waals surface area contributed by atoms with Crippen molar-refractivity contribution < 1.29 is 4.79 Å². The molecule has 0 spiro atoms. The zero-order chi connectivity index (χ0) is 14.5. The summed E-state index contributed by atoms with van der Waals surface area (Å²) < 4.78 is 0. The van der Waals surface area contributed by atoms with Crippen LogP contribution < -0.4 is 16.0 Å². The van der Waals surface area contributed by atoms with Crippen LogP contribution in [0.15, 0.2) is 6.07 Å². The Hall–Kier alpha value is -1.85. The number of piperidine rings is 1. The molecule has 1 aliphatic heterocycles. The summed E-state index contributed by atoms with van der Waals surface area (Å²) in [6.07, 6.45) is 3.67. The van der Waals surface area contributed by atoms with Gasteiger partial charge in [0.1, 0.15) is 23.5 Å². The molecule has 20 heavy (non-hydrogen) atoms. The molecule has 0 bridgehead atoms. The highest BCUT2D eigenvalue weighted by Gasteiger charge is 2.28. The van der Waals surface area contributed by atoms with Gasteiger partial charge in [0.2, 0.25) is 5.91 Å². The maximum Gasteiger partial charge on any atom is 0.240 e. The van der Waals surface area contributed by atoms with Gasteiger partial charge in [0, 0.05) is 25.6 Å². The number of aryl methyl sites for hydroxylation is 1. The minimum atomic E-state index is -0.272. The molecule has 2 heterocycles. The zero-order valence-corrected chi connectivity index (χ0v) is 12.2. The van der Waals surface area contributed by atoms with Gasteiger partial charge in [0.15, 0.2) is 0 Å². The summed E-state index contributed by atoms with van der Waals surface area (Å²) in [5.41, 5.74) is 5.52. The fourth-order valence-electron chi connectivity index (χ4n) is 2.56. The Morgan fingerprint density at radius 3 is 2.90 bits per heavy atom. The molecule has 2 rings (SSSR count). The number of nitrogens with zero attached hydrogens (tertiary/aromatic N) is 3. The number of primary amides is 1. The number of nitrogens with one attached hydrogen (secondary N) is 1. The largest absolute Gasteiger partial charge is 0.370 e. The van der Waals surface area contributed by atoms with E-state index in [-0.39, 0.29) is 11.9 Å². The molecule has 6 heteroatoms. The van der Waals surface area contributed by atoms with Crippen molar-refractivity contribution in [3.05, 3.63) is 11.9 Å². The minimum absolute atomic E-state index is 0.252. The first kappa shape index (κ1) is 14.6. The molecule has 1 amide bonds. The maximum absolute atomic E-state index is 11.6. The molecular weight excluding hydrogens is 254 g/mol. The fourth-order valence-corrected chi connectivity index (χ4v) is 2.56. The Labute approximate surface area is 119 Å². The third-order valence-corrected chi connectivity index (χ3v) is 3.56. The van der Waals surface area contributed by atoms with Crippen LogP contribution in [0.4, 0.5) is 11.6 Å². The Bertz CT molecular complexity index is 477. The van der Waals surface area contributed by atoms with Crippen molar-refractivity contribution in [3.8, 4) is 0 Å². The number of rotatable bonds is 5. The van der Waals surface area contributed by atoms with E-state index in [1.807, 2.05) is 24.8 Å². The van der Waals surface area contributed by atoms with E-state index in [2.05, 4.69) is 15.3 Å². The summed E-state index contributed by atoms with van der Waals surface area (Å²) in [5, 5.41) is 3.21. The van der Waals surface area contributed by atoms with Crippen LogP contribution in [0.1, 0.15) is 38.9 Å². The predicted molar refractivity (Wildman–Crippen MR) is 79.8 cm³/mol. The Balaban J connectivity index is 2.33. The second-order valence-electron chi connectivity index (χ2n) is 5.02. The van der Waals surface area contributed by atoms with Gasteiger partial charge in [-0.15, -0.1) is 0 Å². The lowest BCUT2D eigenvalue weighted by molar-refractivity contribution is -0.119. The normalized spacial score (nSPS) is 18.9. The Morgan fingerprint density at radius 1 is 1.45 bits per heavy atom. The van der Waals surface area contributed by atoms with Gasteiger partial charge in [-0.2, -0.15) is 0 Å². The van der Waals surface area contributed by atoms with Crippen molar-refractivity contribution in [2.75, 3.05) is 23.3 Å². The van der Waals surface area contributed by atoms with Crippen LogP contribution in [-0.4, -0.2) is 35.0 Å². The smallest absolute Gasteiger partial charge is 0.240 e. The lowest BCUT2D eigenvalue weighted by Gasteiger charge is -2.34. The lowest BCUT2D eigenvalue weighted by atomic mass is 10.0. The van der Waals surface area contributed by atoms with Crippen molar-refractivity contribution in [3.63, 3.8) is 0 Å². The Morgan fingerprint density at radius 2 is 2.25 bits per heavy atom. The zero-order valence-electron chi connectivity index (χ0n) is 12.2. The number of amides is 1. The molecule has 0 radical (unpaired) electrons. The van der Waals surface area contributed by atoms with Crippen LogP contribution in [-0.2, 0) is 11.2 Å². The summed E-state index contributed by atoms with van der Waals surface area (Å²) in [6.45, 7) is 5.68. The second kappa shape index (κ2) is 6.54. The van der Waals surface area contributed by atoms with Crippen molar-refractivity contribution in [1.82, 2.24) is 9.97 Å². The van der Waals surface area contributed by atoms with Gasteiger partial charge in [-0.25, -0.2) is 9.97 Å². The van der Waals surface area contributed by atoms with Gasteiger partial charge >= 0.3 is 0 Å². The minimum Gasteiger partial charge on any atom is -0.370 e. The van der Waals surface area contributed by atoms with E-state index < -0.39 is 0 Å². The summed E-state index contributed by atoms with van der Waals surface area (Å²) in [4.78, 5) is 22.6. The molecule has 3 N–H and O–H groups in total. The molecular formula is C14H23N5O. The average Bonchev–Trinajstić information content (AvgIpc) is 2.47. The summed E-state index contributed by atoms with van der Waals surface area (Å²) in [7, 11) is 0. The van der Waals surface area contributed by atoms with E-state index in [0.717, 1.165) is 56.2 Å². The van der Waals surface area contributed by atoms with E-state index in [4.69, 9.17) is 5.73 Å². The number of nitrogens with two attached hydrogens (primary N) is 1. The molecule has 0 saturated carbocycles. The monoisotopic (exact) mass is 277 g/mol. The second-order valence-corrected chi connectivity index (χ2v) is 5.02. The lowest BCUT2D eigenvalue weighted by Crippen LogP contribution is -2.48. The summed E-state index contributed by atoms with van der Waals surface area (Å²) >= 11 is 0. The summed E-state index contributed by atoms with van der Waals surface area (Å²) in [5.74, 6) is 2.12. The van der Waals surface area contributed by atoms with E-state index in [0.29, 0.717) is 0 Å². The first-order chi connectivity index (χ1) is 9.65. The first-order valence-electron chi connectivity index (χ1n) is 7.33. The number of carbonyl (C=O) groups excluding carboxylic acids is 1. The number of aromatic nitrogens is 2. The molecule has 0 aromatic carbocycles. The molecule has 1 atom stereocenters. The van der Waals surface area contributed by atoms with E-state index in [1.54, 1.807) is 0 Å². The van der Waals surface area contributed by atoms with Crippen LogP contribution >= 0.6 is 0 Å². The molecule has 1 aromatic rings. The molecule has 1 unspecified atom stereocenters. The van der Waals surface area contributed by atoms with E-state index in [9.17, 15) is 4.79 Å². The molecule has 1 saturated heterocycles. The van der Waals surface area contributed by atoms with Crippen molar-refractivity contribution >= 4 is 17.5 Å². The fraction of sp³-hybridized carbons (Fsp3) is 0.643. The standard InChI is InChI=1S/C14H23N5O/c1-3-11-17-12(16-4-2)9-13(18-11)19-8-6-5-7-10(19)14(15)20/h9-10H,3-8H2,1-2H3,(H2,15,20)(H,16,17,18). The quantitative estimate of drug-likeness (QED) is 0.848. The molecule has 1 aliphatic rings. The summed E-state index contributed by atoms with van der Waals surface area (Å²) in [6, 6.07) is 1.65. The van der Waals surface area contributed by atoms with E-state index >= 15 is 0 Å². The molecule has 110 valence electrons. The number of hydrogen-bond donors (Lipinski definition) is 2. The van der Waals surface area contributed by atoms with Crippen molar-refractivity contribution in [1.29, 1.82) is 0 Å². The SMILES string of the molecule is CCNc1cc(N2CCCCC2C(N)=O)nc(CC)n1. The highest BCUT2D eigenvalue weighted by molar-refractivity contribution is 5.83. The van der Waals surface area contributed by atoms with Gasteiger partial charge in [-0.05, 0) is 26.2 Å². The van der Waals surface area contributed by atoms with Crippen LogP contribution in [0.2, 0.25) is 0 Å². The number of anilines is 2. The average molecular weight is 277 g/mol. The molecule has 0 aliphatic carbocycles. The molecule has 6 nitrogen and oxygen atoms in total. The van der Waals surface area contributed by atoms with Gasteiger partial charge in [0.25, 0.3) is 0 Å². The predicted octanol–water partition coefficient (Wildman–Crippen LogP) is 1.31. The van der Waals surface area contributed by atoms with Gasteiger partial charge in [-0.1, -0.05) is 6.92 Å². The first-order valence-corrected chi connectivity index (χ1v) is 7.33. The van der Waals surface area contributed by atoms with E-state index in [1.165, 1.54) is 0 Å². The third kappa shape index (κ3) is 3.18. The number of hydrogen-bond acceptors (Lipinski definition) is 5. The van der Waals surface area contributed by atoms with Crippen molar-refractivity contribution in [2.24, 2.45) is 5.73 Å². The van der Waals surface area contributed by atoms with Crippen molar-refractivity contribution in [2.45, 2.75) is 45.6 Å². The molecule has 1 aromatic heterocycles. The Kier molecular flexibility index (Phi) is 4.76. The van der Waals surface area contributed by atoms with Crippen LogP contribution in [0.5, 0.6) is 0 Å². The highest BCUT2D eigenvalue weighted by Crippen LogP contribution is 2.25.